The molecular formula is C16H22ClNO3. The second-order valence-corrected chi connectivity index (χ2v) is 5.98. The number of hydrogen-bond donors (Lipinski definition) is 2. The number of aromatic carboxylic acids is 1. The second-order valence-electron chi connectivity index (χ2n) is 5.57. The van der Waals surface area contributed by atoms with Crippen molar-refractivity contribution in [2.45, 2.75) is 51.2 Å². The van der Waals surface area contributed by atoms with Gasteiger partial charge in [-0.05, 0) is 43.9 Å². The predicted octanol–water partition coefficient (Wildman–Crippen LogP) is 4.19. The number of rotatable bonds is 5. The van der Waals surface area contributed by atoms with Crippen LogP contribution in [-0.2, 0) is 4.74 Å². The van der Waals surface area contributed by atoms with E-state index >= 15 is 0 Å². The number of carboxylic acid groups (broad SMARTS) is 1. The zero-order chi connectivity index (χ0) is 15.5. The van der Waals surface area contributed by atoms with Gasteiger partial charge in [-0.3, -0.25) is 0 Å². The van der Waals surface area contributed by atoms with Crippen LogP contribution in [0.25, 0.3) is 0 Å². The quantitative estimate of drug-likeness (QED) is 0.856. The minimum absolute atomic E-state index is 0.0522. The highest BCUT2D eigenvalue weighted by Gasteiger charge is 2.34. The van der Waals surface area contributed by atoms with E-state index in [4.69, 9.17) is 21.4 Å². The topological polar surface area (TPSA) is 58.6 Å². The van der Waals surface area contributed by atoms with Gasteiger partial charge in [-0.2, -0.15) is 0 Å². The lowest BCUT2D eigenvalue weighted by atomic mass is 9.86. The van der Waals surface area contributed by atoms with Crippen molar-refractivity contribution in [1.29, 1.82) is 0 Å². The summed E-state index contributed by atoms with van der Waals surface area (Å²) in [6, 6.07) is 5.09. The van der Waals surface area contributed by atoms with Crippen LogP contribution in [-0.4, -0.2) is 29.3 Å². The first kappa shape index (κ1) is 16.1. The Kier molecular flexibility index (Phi) is 5.12. The summed E-state index contributed by atoms with van der Waals surface area (Å²) in [5, 5.41) is 12.8. The van der Waals surface area contributed by atoms with Gasteiger partial charge in [0, 0.05) is 12.6 Å². The molecule has 0 bridgehead atoms. The Labute approximate surface area is 130 Å². The van der Waals surface area contributed by atoms with Gasteiger partial charge in [0.2, 0.25) is 0 Å². The molecule has 4 nitrogen and oxygen atoms in total. The molecule has 1 unspecified atom stereocenters. The molecule has 0 spiro atoms. The van der Waals surface area contributed by atoms with Crippen LogP contribution in [0.5, 0.6) is 0 Å². The molecule has 0 radical (unpaired) electrons. The van der Waals surface area contributed by atoms with Crippen molar-refractivity contribution < 1.29 is 14.6 Å². The van der Waals surface area contributed by atoms with Gasteiger partial charge in [0.15, 0.2) is 0 Å². The van der Waals surface area contributed by atoms with E-state index in [-0.39, 0.29) is 11.2 Å². The molecule has 1 aliphatic heterocycles. The fourth-order valence-electron chi connectivity index (χ4n) is 2.88. The van der Waals surface area contributed by atoms with Crippen molar-refractivity contribution >= 4 is 23.3 Å². The van der Waals surface area contributed by atoms with E-state index in [1.54, 1.807) is 12.1 Å². The van der Waals surface area contributed by atoms with Crippen LogP contribution < -0.4 is 5.32 Å². The molecule has 1 aliphatic rings. The minimum Gasteiger partial charge on any atom is -0.478 e. The molecule has 0 saturated carbocycles. The highest BCUT2D eigenvalue weighted by Crippen LogP contribution is 2.34. The zero-order valence-corrected chi connectivity index (χ0v) is 13.2. The molecule has 116 valence electrons. The fraction of sp³-hybridized carbons (Fsp3) is 0.562. The highest BCUT2D eigenvalue weighted by molar-refractivity contribution is 6.33. The molecule has 2 rings (SSSR count). The van der Waals surface area contributed by atoms with E-state index in [0.29, 0.717) is 11.1 Å². The average molecular weight is 312 g/mol. The molecule has 2 N–H and O–H groups in total. The summed E-state index contributed by atoms with van der Waals surface area (Å²) in [6.07, 6.45) is 3.86. The number of carboxylic acids is 1. The van der Waals surface area contributed by atoms with Crippen LogP contribution in [0.1, 0.15) is 49.9 Å². The number of anilines is 1. The van der Waals surface area contributed by atoms with Crippen molar-refractivity contribution in [3.8, 4) is 0 Å². The summed E-state index contributed by atoms with van der Waals surface area (Å²) in [7, 11) is 0. The van der Waals surface area contributed by atoms with Crippen molar-refractivity contribution in [2.75, 3.05) is 11.9 Å². The number of carbonyl (C=O) groups is 1. The van der Waals surface area contributed by atoms with Crippen molar-refractivity contribution in [3.63, 3.8) is 0 Å². The maximum Gasteiger partial charge on any atom is 0.335 e. The summed E-state index contributed by atoms with van der Waals surface area (Å²) in [4.78, 5) is 10.9. The number of ether oxygens (including phenoxy) is 1. The molecule has 0 amide bonds. The lowest BCUT2D eigenvalue weighted by Gasteiger charge is -2.40. The smallest absolute Gasteiger partial charge is 0.335 e. The van der Waals surface area contributed by atoms with Gasteiger partial charge in [0.1, 0.15) is 0 Å². The Balaban J connectivity index is 2.09. The number of halogens is 1. The maximum absolute atomic E-state index is 10.9. The molecule has 1 saturated heterocycles. The Morgan fingerprint density at radius 3 is 2.76 bits per heavy atom. The molecule has 5 heteroatoms. The van der Waals surface area contributed by atoms with Gasteiger partial charge in [-0.1, -0.05) is 25.4 Å². The molecule has 1 aromatic carbocycles. The zero-order valence-electron chi connectivity index (χ0n) is 12.5. The molecule has 1 heterocycles. The van der Waals surface area contributed by atoms with Crippen LogP contribution in [0, 0.1) is 0 Å². The fourth-order valence-corrected chi connectivity index (χ4v) is 3.11. The van der Waals surface area contributed by atoms with Gasteiger partial charge in [0.25, 0.3) is 0 Å². The van der Waals surface area contributed by atoms with E-state index in [2.05, 4.69) is 19.2 Å². The van der Waals surface area contributed by atoms with Crippen molar-refractivity contribution in [1.82, 2.24) is 0 Å². The summed E-state index contributed by atoms with van der Waals surface area (Å²) < 4.78 is 5.96. The Hall–Kier alpha value is -1.26. The molecule has 0 aliphatic carbocycles. The standard InChI is InChI=1S/C16H22ClNO3/c1-3-16(4-2)10-12(7-8-21-16)18-14-6-5-11(15(19)20)9-13(14)17/h5-6,9,12,18H,3-4,7-8,10H2,1-2H3,(H,19,20). The summed E-state index contributed by atoms with van der Waals surface area (Å²) >= 11 is 6.17. The third kappa shape index (κ3) is 3.69. The predicted molar refractivity (Wildman–Crippen MR) is 84.3 cm³/mol. The largest absolute Gasteiger partial charge is 0.478 e. The van der Waals surface area contributed by atoms with Crippen LogP contribution in [0.2, 0.25) is 5.02 Å². The molecule has 0 aromatic heterocycles. The number of benzene rings is 1. The van der Waals surface area contributed by atoms with E-state index < -0.39 is 5.97 Å². The average Bonchev–Trinajstić information content (AvgIpc) is 2.49. The van der Waals surface area contributed by atoms with Gasteiger partial charge in [-0.15, -0.1) is 0 Å². The first-order valence-corrected chi connectivity index (χ1v) is 7.81. The van der Waals surface area contributed by atoms with Crippen LogP contribution in [0.4, 0.5) is 5.69 Å². The van der Waals surface area contributed by atoms with Crippen molar-refractivity contribution in [3.05, 3.63) is 28.8 Å². The summed E-state index contributed by atoms with van der Waals surface area (Å²) in [5.74, 6) is -0.967. The van der Waals surface area contributed by atoms with Crippen molar-refractivity contribution in [2.24, 2.45) is 0 Å². The summed E-state index contributed by atoms with van der Waals surface area (Å²) in [6.45, 7) is 5.05. The van der Waals surface area contributed by atoms with E-state index in [0.717, 1.165) is 38.0 Å². The molecule has 21 heavy (non-hydrogen) atoms. The second kappa shape index (κ2) is 6.67. The first-order valence-electron chi connectivity index (χ1n) is 7.43. The van der Waals surface area contributed by atoms with E-state index in [1.807, 2.05) is 0 Å². The monoisotopic (exact) mass is 311 g/mol. The molecule has 1 aromatic rings. The third-order valence-corrected chi connectivity index (χ3v) is 4.67. The maximum atomic E-state index is 10.9. The number of nitrogens with one attached hydrogen (secondary N) is 1. The van der Waals surface area contributed by atoms with Crippen LogP contribution >= 0.6 is 11.6 Å². The van der Waals surface area contributed by atoms with Gasteiger partial charge < -0.3 is 15.2 Å². The highest BCUT2D eigenvalue weighted by atomic mass is 35.5. The third-order valence-electron chi connectivity index (χ3n) is 4.36. The first-order chi connectivity index (χ1) is 9.99. The Bertz CT molecular complexity index is 514. The van der Waals surface area contributed by atoms with E-state index in [9.17, 15) is 4.79 Å². The van der Waals surface area contributed by atoms with E-state index in [1.165, 1.54) is 6.07 Å². The Morgan fingerprint density at radius 1 is 1.48 bits per heavy atom. The molecule has 1 fully saturated rings. The molecule has 1 atom stereocenters. The normalized spacial score (nSPS) is 21.0. The van der Waals surface area contributed by atoms with Crippen LogP contribution in [0.15, 0.2) is 18.2 Å². The van der Waals surface area contributed by atoms with Crippen LogP contribution in [0.3, 0.4) is 0 Å². The van der Waals surface area contributed by atoms with Gasteiger partial charge >= 0.3 is 5.97 Å². The Morgan fingerprint density at radius 2 is 2.19 bits per heavy atom. The number of hydrogen-bond acceptors (Lipinski definition) is 3. The molecular weight excluding hydrogens is 290 g/mol. The SMILES string of the molecule is CCC1(CC)CC(Nc2ccc(C(=O)O)cc2Cl)CCO1. The van der Waals surface area contributed by atoms with Gasteiger partial charge in [0.05, 0.1) is 21.9 Å². The lowest BCUT2D eigenvalue weighted by molar-refractivity contribution is -0.0864. The minimum atomic E-state index is -0.967. The van der Waals surface area contributed by atoms with Gasteiger partial charge in [-0.25, -0.2) is 4.79 Å². The summed E-state index contributed by atoms with van der Waals surface area (Å²) in [5.41, 5.74) is 0.937. The lowest BCUT2D eigenvalue weighted by Crippen LogP contribution is -2.43.